The number of nitrogens with two attached hydrogens (primary N) is 1. The molecule has 1 atom stereocenters. The van der Waals surface area contributed by atoms with Crippen LogP contribution in [-0.4, -0.2) is 16.3 Å². The first-order valence-corrected chi connectivity index (χ1v) is 5.86. The molecule has 0 aromatic carbocycles. The summed E-state index contributed by atoms with van der Waals surface area (Å²) in [6.45, 7) is 9.43. The van der Waals surface area contributed by atoms with Crippen LogP contribution >= 0.6 is 0 Å². The third kappa shape index (κ3) is 2.59. The molecule has 86 valence electrons. The van der Waals surface area contributed by atoms with E-state index >= 15 is 0 Å². The summed E-state index contributed by atoms with van der Waals surface area (Å²) >= 11 is 0. The Morgan fingerprint density at radius 3 is 2.60 bits per heavy atom. The van der Waals surface area contributed by atoms with Gasteiger partial charge in [-0.1, -0.05) is 6.92 Å². The molecule has 0 saturated carbocycles. The van der Waals surface area contributed by atoms with E-state index in [9.17, 15) is 0 Å². The maximum Gasteiger partial charge on any atom is 0.0628 e. The fraction of sp³-hybridized carbons (Fsp3) is 0.750. The van der Waals surface area contributed by atoms with E-state index in [-0.39, 0.29) is 0 Å². The topological polar surface area (TPSA) is 43.8 Å². The first-order valence-electron chi connectivity index (χ1n) is 5.86. The molecule has 1 unspecified atom stereocenters. The van der Waals surface area contributed by atoms with Gasteiger partial charge in [-0.3, -0.25) is 4.68 Å². The number of nitrogens with zero attached hydrogens (tertiary/aromatic N) is 2. The molecule has 1 aromatic heterocycles. The predicted octanol–water partition coefficient (Wildman–Crippen LogP) is 2.36. The third-order valence-corrected chi connectivity index (χ3v) is 3.11. The van der Waals surface area contributed by atoms with Crippen molar-refractivity contribution in [3.05, 3.63) is 17.0 Å². The van der Waals surface area contributed by atoms with Crippen molar-refractivity contribution in [2.75, 3.05) is 6.54 Å². The van der Waals surface area contributed by atoms with E-state index in [1.54, 1.807) is 0 Å². The van der Waals surface area contributed by atoms with E-state index in [1.165, 1.54) is 17.0 Å². The monoisotopic (exact) mass is 209 g/mol. The van der Waals surface area contributed by atoms with E-state index in [1.807, 2.05) is 0 Å². The Morgan fingerprint density at radius 1 is 1.40 bits per heavy atom. The van der Waals surface area contributed by atoms with Gasteiger partial charge < -0.3 is 5.73 Å². The number of aromatic nitrogens is 2. The average Bonchev–Trinajstić information content (AvgIpc) is 2.51. The largest absolute Gasteiger partial charge is 0.330 e. The van der Waals surface area contributed by atoms with Crippen molar-refractivity contribution in [3.63, 3.8) is 0 Å². The third-order valence-electron chi connectivity index (χ3n) is 3.11. The van der Waals surface area contributed by atoms with Crippen LogP contribution in [0.3, 0.4) is 0 Å². The molecule has 0 fully saturated rings. The number of hydrogen-bond acceptors (Lipinski definition) is 2. The summed E-state index contributed by atoms with van der Waals surface area (Å²) < 4.78 is 2.15. The van der Waals surface area contributed by atoms with Crippen LogP contribution < -0.4 is 5.73 Å². The smallest absolute Gasteiger partial charge is 0.0628 e. The number of hydrogen-bond donors (Lipinski definition) is 1. The van der Waals surface area contributed by atoms with Gasteiger partial charge >= 0.3 is 0 Å². The quantitative estimate of drug-likeness (QED) is 0.809. The zero-order valence-corrected chi connectivity index (χ0v) is 10.4. The van der Waals surface area contributed by atoms with Crippen molar-refractivity contribution < 1.29 is 0 Å². The zero-order chi connectivity index (χ0) is 11.4. The van der Waals surface area contributed by atoms with Gasteiger partial charge in [-0.15, -0.1) is 0 Å². The van der Waals surface area contributed by atoms with E-state index in [0.29, 0.717) is 6.04 Å². The molecule has 15 heavy (non-hydrogen) atoms. The van der Waals surface area contributed by atoms with Gasteiger partial charge in [0, 0.05) is 11.7 Å². The molecule has 1 aromatic rings. The molecule has 0 aliphatic carbocycles. The molecule has 3 nitrogen and oxygen atoms in total. The molecule has 0 bridgehead atoms. The molecular formula is C12H23N3. The maximum atomic E-state index is 5.54. The van der Waals surface area contributed by atoms with Gasteiger partial charge in [0.15, 0.2) is 0 Å². The lowest BCUT2D eigenvalue weighted by Gasteiger charge is -2.11. The summed E-state index contributed by atoms with van der Waals surface area (Å²) in [7, 11) is 0. The summed E-state index contributed by atoms with van der Waals surface area (Å²) in [4.78, 5) is 0. The highest BCUT2D eigenvalue weighted by Crippen LogP contribution is 2.20. The summed E-state index contributed by atoms with van der Waals surface area (Å²) in [5.74, 6) is 0. The van der Waals surface area contributed by atoms with Gasteiger partial charge in [0.2, 0.25) is 0 Å². The molecule has 3 heteroatoms. The number of aryl methyl sites for hydroxylation is 1. The van der Waals surface area contributed by atoms with Crippen LogP contribution in [0, 0.1) is 13.8 Å². The highest BCUT2D eigenvalue weighted by molar-refractivity contribution is 5.25. The predicted molar refractivity (Wildman–Crippen MR) is 64.1 cm³/mol. The lowest BCUT2D eigenvalue weighted by atomic mass is 10.1. The summed E-state index contributed by atoms with van der Waals surface area (Å²) in [6.07, 6.45) is 3.23. The minimum atomic E-state index is 0.496. The molecular weight excluding hydrogens is 186 g/mol. The van der Waals surface area contributed by atoms with Gasteiger partial charge in [-0.25, -0.2) is 0 Å². The highest BCUT2D eigenvalue weighted by atomic mass is 15.3. The zero-order valence-electron chi connectivity index (χ0n) is 10.4. The Kier molecular flexibility index (Phi) is 4.33. The Hall–Kier alpha value is -0.830. The van der Waals surface area contributed by atoms with E-state index in [2.05, 4.69) is 37.5 Å². The van der Waals surface area contributed by atoms with Gasteiger partial charge in [0.25, 0.3) is 0 Å². The molecule has 0 amide bonds. The highest BCUT2D eigenvalue weighted by Gasteiger charge is 2.13. The minimum absolute atomic E-state index is 0.496. The van der Waals surface area contributed by atoms with Crippen LogP contribution in [0.1, 0.15) is 49.7 Å². The van der Waals surface area contributed by atoms with Gasteiger partial charge in [0.05, 0.1) is 5.69 Å². The lowest BCUT2D eigenvalue weighted by Crippen LogP contribution is -2.08. The molecule has 0 spiro atoms. The molecule has 0 saturated heterocycles. The lowest BCUT2D eigenvalue weighted by molar-refractivity contribution is 0.464. The van der Waals surface area contributed by atoms with Crippen LogP contribution in [0.25, 0.3) is 0 Å². The molecule has 0 radical (unpaired) electrons. The first-order chi connectivity index (χ1) is 7.11. The second-order valence-corrected chi connectivity index (χ2v) is 4.24. The van der Waals surface area contributed by atoms with Crippen molar-refractivity contribution in [1.29, 1.82) is 0 Å². The molecule has 0 aliphatic heterocycles. The fourth-order valence-electron chi connectivity index (χ4n) is 1.94. The van der Waals surface area contributed by atoms with Crippen molar-refractivity contribution >= 4 is 0 Å². The van der Waals surface area contributed by atoms with Crippen molar-refractivity contribution in [3.8, 4) is 0 Å². The summed E-state index contributed by atoms with van der Waals surface area (Å²) in [5, 5.41) is 4.61. The van der Waals surface area contributed by atoms with Crippen molar-refractivity contribution in [2.24, 2.45) is 5.73 Å². The van der Waals surface area contributed by atoms with Crippen LogP contribution in [0.5, 0.6) is 0 Å². The van der Waals surface area contributed by atoms with E-state index < -0.39 is 0 Å². The van der Waals surface area contributed by atoms with Gasteiger partial charge in [0.1, 0.15) is 0 Å². The van der Waals surface area contributed by atoms with Crippen molar-refractivity contribution in [2.45, 2.75) is 53.0 Å². The standard InChI is InChI=1S/C12H23N3/c1-5-9(2)15-11(4)12(7-6-8-13)10(3)14-15/h9H,5-8,13H2,1-4H3. The first kappa shape index (κ1) is 12.2. The van der Waals surface area contributed by atoms with E-state index in [0.717, 1.165) is 25.8 Å². The Bertz CT molecular complexity index is 315. The molecule has 0 aliphatic rings. The summed E-state index contributed by atoms with van der Waals surface area (Å²) in [5.41, 5.74) is 9.41. The Labute approximate surface area is 92.7 Å². The fourth-order valence-corrected chi connectivity index (χ4v) is 1.94. The SMILES string of the molecule is CCC(C)n1nc(C)c(CCCN)c1C. The Balaban J connectivity index is 2.92. The normalized spacial score (nSPS) is 13.1. The van der Waals surface area contributed by atoms with Crippen LogP contribution in [0.4, 0.5) is 0 Å². The van der Waals surface area contributed by atoms with Crippen LogP contribution in [0.2, 0.25) is 0 Å². The average molecular weight is 209 g/mol. The number of rotatable bonds is 5. The van der Waals surface area contributed by atoms with Crippen LogP contribution in [-0.2, 0) is 6.42 Å². The second kappa shape index (κ2) is 5.31. The minimum Gasteiger partial charge on any atom is -0.330 e. The van der Waals surface area contributed by atoms with E-state index in [4.69, 9.17) is 5.73 Å². The molecule has 1 heterocycles. The molecule has 1 rings (SSSR count). The van der Waals surface area contributed by atoms with Crippen molar-refractivity contribution in [1.82, 2.24) is 9.78 Å². The van der Waals surface area contributed by atoms with Gasteiger partial charge in [-0.05, 0) is 52.1 Å². The maximum absolute atomic E-state index is 5.54. The Morgan fingerprint density at radius 2 is 2.07 bits per heavy atom. The summed E-state index contributed by atoms with van der Waals surface area (Å²) in [6, 6.07) is 0.496. The molecule has 2 N–H and O–H groups in total. The van der Waals surface area contributed by atoms with Gasteiger partial charge in [-0.2, -0.15) is 5.10 Å². The second-order valence-electron chi connectivity index (χ2n) is 4.24. The van der Waals surface area contributed by atoms with Crippen LogP contribution in [0.15, 0.2) is 0 Å².